The highest BCUT2D eigenvalue weighted by molar-refractivity contribution is 5.95. The van der Waals surface area contributed by atoms with E-state index in [0.29, 0.717) is 6.42 Å². The average molecular weight is 291 g/mol. The van der Waals surface area contributed by atoms with Crippen LogP contribution in [-0.4, -0.2) is 23.0 Å². The highest BCUT2D eigenvalue weighted by Gasteiger charge is 2.16. The molecule has 0 aliphatic heterocycles. The second kappa shape index (κ2) is 6.21. The first-order valence-corrected chi connectivity index (χ1v) is 6.33. The Hall–Kier alpha value is -2.63. The summed E-state index contributed by atoms with van der Waals surface area (Å²) in [5, 5.41) is 11.4. The van der Waals surface area contributed by atoms with Crippen LogP contribution in [0.1, 0.15) is 33.4 Å². The van der Waals surface area contributed by atoms with Gasteiger partial charge in [0.2, 0.25) is 0 Å². The van der Waals surface area contributed by atoms with E-state index >= 15 is 0 Å². The Morgan fingerprint density at radius 1 is 1.33 bits per heavy atom. The quantitative estimate of drug-likeness (QED) is 0.887. The van der Waals surface area contributed by atoms with Gasteiger partial charge in [-0.05, 0) is 31.0 Å². The van der Waals surface area contributed by atoms with Crippen molar-refractivity contribution in [2.75, 3.05) is 0 Å². The summed E-state index contributed by atoms with van der Waals surface area (Å²) in [6.45, 7) is 1.79. The van der Waals surface area contributed by atoms with E-state index in [1.807, 2.05) is 0 Å². The van der Waals surface area contributed by atoms with Crippen LogP contribution in [0.3, 0.4) is 0 Å². The van der Waals surface area contributed by atoms with Crippen LogP contribution in [0.2, 0.25) is 0 Å². The summed E-state index contributed by atoms with van der Waals surface area (Å²) in [7, 11) is 0. The molecule has 1 aromatic heterocycles. The van der Waals surface area contributed by atoms with Crippen molar-refractivity contribution in [2.24, 2.45) is 0 Å². The van der Waals surface area contributed by atoms with Crippen molar-refractivity contribution in [3.05, 3.63) is 59.3 Å². The number of nitrogens with one attached hydrogen (secondary N) is 1. The smallest absolute Gasteiger partial charge is 0.338 e. The summed E-state index contributed by atoms with van der Waals surface area (Å²) in [6.07, 6.45) is 1.54. The minimum Gasteiger partial charge on any atom is -0.478 e. The van der Waals surface area contributed by atoms with E-state index in [0.717, 1.165) is 11.8 Å². The Kier molecular flexibility index (Phi) is 4.37. The van der Waals surface area contributed by atoms with Crippen LogP contribution >= 0.6 is 0 Å². The lowest BCUT2D eigenvalue weighted by Crippen LogP contribution is -2.33. The lowest BCUT2D eigenvalue weighted by atomic mass is 10.1. The van der Waals surface area contributed by atoms with Crippen LogP contribution in [0.15, 0.2) is 41.0 Å². The first-order chi connectivity index (χ1) is 9.95. The van der Waals surface area contributed by atoms with E-state index in [1.165, 1.54) is 18.2 Å². The summed E-state index contributed by atoms with van der Waals surface area (Å²) < 4.78 is 17.7. The zero-order valence-corrected chi connectivity index (χ0v) is 11.3. The Labute approximate surface area is 120 Å². The Balaban J connectivity index is 1.95. The maximum absolute atomic E-state index is 12.8. The number of carboxylic acid groups (broad SMARTS) is 1. The number of benzene rings is 1. The van der Waals surface area contributed by atoms with E-state index in [-0.39, 0.29) is 23.2 Å². The number of hydrogen-bond acceptors (Lipinski definition) is 3. The number of carbonyl (C=O) groups excluding carboxylic acids is 1. The van der Waals surface area contributed by atoms with Gasteiger partial charge in [0.15, 0.2) is 5.76 Å². The van der Waals surface area contributed by atoms with Crippen molar-refractivity contribution in [1.29, 1.82) is 0 Å². The number of amides is 1. The molecule has 0 spiro atoms. The summed E-state index contributed by atoms with van der Waals surface area (Å²) in [5.74, 6) is -2.01. The molecule has 5 nitrogen and oxygen atoms in total. The Bertz CT molecular complexity index is 648. The molecule has 21 heavy (non-hydrogen) atoms. The standard InChI is InChI=1S/C15H14FNO4/c1-9(6-10-2-4-12(16)5-3-10)17-14(18)13-7-11(8-21-13)15(19)20/h2-5,7-9H,6H2,1H3,(H,17,18)(H,19,20). The van der Waals surface area contributed by atoms with Crippen LogP contribution in [-0.2, 0) is 6.42 Å². The Morgan fingerprint density at radius 3 is 2.57 bits per heavy atom. The predicted octanol–water partition coefficient (Wildman–Crippen LogP) is 2.48. The van der Waals surface area contributed by atoms with E-state index in [4.69, 9.17) is 9.52 Å². The van der Waals surface area contributed by atoms with Crippen LogP contribution in [0.25, 0.3) is 0 Å². The molecule has 2 rings (SSSR count). The number of furan rings is 1. The molecular weight excluding hydrogens is 277 g/mol. The molecule has 1 unspecified atom stereocenters. The molecule has 6 heteroatoms. The number of rotatable bonds is 5. The van der Waals surface area contributed by atoms with Crippen molar-refractivity contribution >= 4 is 11.9 Å². The predicted molar refractivity (Wildman–Crippen MR) is 72.7 cm³/mol. The van der Waals surface area contributed by atoms with Crippen molar-refractivity contribution in [2.45, 2.75) is 19.4 Å². The third kappa shape index (κ3) is 3.92. The van der Waals surface area contributed by atoms with Gasteiger partial charge in [-0.2, -0.15) is 0 Å². The lowest BCUT2D eigenvalue weighted by Gasteiger charge is -2.12. The second-order valence-corrected chi connectivity index (χ2v) is 4.71. The third-order valence-corrected chi connectivity index (χ3v) is 2.90. The van der Waals surface area contributed by atoms with E-state index < -0.39 is 11.9 Å². The van der Waals surface area contributed by atoms with Crippen molar-refractivity contribution in [1.82, 2.24) is 5.32 Å². The van der Waals surface area contributed by atoms with Gasteiger partial charge in [-0.3, -0.25) is 4.79 Å². The molecule has 2 N–H and O–H groups in total. The van der Waals surface area contributed by atoms with Crippen LogP contribution in [0.4, 0.5) is 4.39 Å². The van der Waals surface area contributed by atoms with Gasteiger partial charge in [0.05, 0.1) is 5.56 Å². The minimum atomic E-state index is -1.16. The highest BCUT2D eigenvalue weighted by Crippen LogP contribution is 2.09. The van der Waals surface area contributed by atoms with Gasteiger partial charge in [-0.15, -0.1) is 0 Å². The van der Waals surface area contributed by atoms with Crippen LogP contribution < -0.4 is 5.32 Å². The molecule has 0 saturated heterocycles. The van der Waals surface area contributed by atoms with Crippen molar-refractivity contribution in [3.8, 4) is 0 Å². The second-order valence-electron chi connectivity index (χ2n) is 4.71. The fraction of sp³-hybridized carbons (Fsp3) is 0.200. The van der Waals surface area contributed by atoms with Gasteiger partial charge < -0.3 is 14.8 Å². The van der Waals surface area contributed by atoms with Crippen LogP contribution in [0, 0.1) is 5.82 Å². The normalized spacial score (nSPS) is 11.9. The maximum Gasteiger partial charge on any atom is 0.338 e. The summed E-state index contributed by atoms with van der Waals surface area (Å²) in [6, 6.07) is 6.97. The third-order valence-electron chi connectivity index (χ3n) is 2.90. The first kappa shape index (κ1) is 14.8. The summed E-state index contributed by atoms with van der Waals surface area (Å²) >= 11 is 0. The SMILES string of the molecule is CC(Cc1ccc(F)cc1)NC(=O)c1cc(C(=O)O)co1. The van der Waals surface area contributed by atoms with Gasteiger partial charge >= 0.3 is 5.97 Å². The summed E-state index contributed by atoms with van der Waals surface area (Å²) in [4.78, 5) is 22.6. The molecule has 2 aromatic rings. The lowest BCUT2D eigenvalue weighted by molar-refractivity contribution is 0.0695. The molecule has 0 fully saturated rings. The number of hydrogen-bond donors (Lipinski definition) is 2. The zero-order chi connectivity index (χ0) is 15.4. The monoisotopic (exact) mass is 291 g/mol. The van der Waals surface area contributed by atoms with Gasteiger partial charge in [0.1, 0.15) is 12.1 Å². The zero-order valence-electron chi connectivity index (χ0n) is 11.3. The van der Waals surface area contributed by atoms with Gasteiger partial charge in [-0.25, -0.2) is 9.18 Å². The topological polar surface area (TPSA) is 79.5 Å². The van der Waals surface area contributed by atoms with Crippen LogP contribution in [0.5, 0.6) is 0 Å². The molecule has 0 aliphatic carbocycles. The fourth-order valence-corrected chi connectivity index (χ4v) is 1.89. The minimum absolute atomic E-state index is 0.0571. The van der Waals surface area contributed by atoms with E-state index in [1.54, 1.807) is 19.1 Å². The molecule has 1 aromatic carbocycles. The van der Waals surface area contributed by atoms with Gasteiger partial charge in [-0.1, -0.05) is 12.1 Å². The molecule has 0 saturated carbocycles. The molecule has 110 valence electrons. The maximum atomic E-state index is 12.8. The molecule has 0 aliphatic rings. The fourth-order valence-electron chi connectivity index (χ4n) is 1.89. The van der Waals surface area contributed by atoms with E-state index in [2.05, 4.69) is 5.32 Å². The van der Waals surface area contributed by atoms with Gasteiger partial charge in [0.25, 0.3) is 5.91 Å². The molecule has 1 atom stereocenters. The number of carbonyl (C=O) groups is 2. The number of aromatic carboxylic acids is 1. The molecule has 0 bridgehead atoms. The van der Waals surface area contributed by atoms with Crippen molar-refractivity contribution in [3.63, 3.8) is 0 Å². The molecule has 1 amide bonds. The van der Waals surface area contributed by atoms with Crippen molar-refractivity contribution < 1.29 is 23.5 Å². The molecule has 1 heterocycles. The first-order valence-electron chi connectivity index (χ1n) is 6.33. The largest absolute Gasteiger partial charge is 0.478 e. The number of halogens is 1. The van der Waals surface area contributed by atoms with E-state index in [9.17, 15) is 14.0 Å². The highest BCUT2D eigenvalue weighted by atomic mass is 19.1. The average Bonchev–Trinajstić information content (AvgIpc) is 2.91. The molecular formula is C15H14FNO4. The Morgan fingerprint density at radius 2 is 2.00 bits per heavy atom. The van der Waals surface area contributed by atoms with Gasteiger partial charge in [0, 0.05) is 12.1 Å². The number of carboxylic acids is 1. The summed E-state index contributed by atoms with van der Waals surface area (Å²) in [5.41, 5.74) is 0.807. The molecule has 0 radical (unpaired) electrons.